The Bertz CT molecular complexity index is 992. The molecule has 2 aromatic rings. The van der Waals surface area contributed by atoms with Gasteiger partial charge < -0.3 is 10.6 Å². The highest BCUT2D eigenvalue weighted by Gasteiger charge is 2.19. The largest absolute Gasteiger partial charge is 0.360 e. The van der Waals surface area contributed by atoms with Gasteiger partial charge in [-0.05, 0) is 66.3 Å². The fraction of sp³-hybridized carbons (Fsp3) is 0.385. The van der Waals surface area contributed by atoms with Crippen LogP contribution in [0.5, 0.6) is 0 Å². The van der Waals surface area contributed by atoms with E-state index >= 15 is 0 Å². The minimum Gasteiger partial charge on any atom is -0.360 e. The van der Waals surface area contributed by atoms with Crippen molar-refractivity contribution in [1.82, 2.24) is 5.32 Å². The van der Waals surface area contributed by atoms with Crippen LogP contribution in [-0.4, -0.2) is 5.91 Å². The first-order chi connectivity index (χ1) is 14.3. The van der Waals surface area contributed by atoms with Crippen molar-refractivity contribution in [1.29, 1.82) is 5.26 Å². The summed E-state index contributed by atoms with van der Waals surface area (Å²) in [7, 11) is 0. The molecule has 0 aromatic heterocycles. The first-order valence-corrected chi connectivity index (χ1v) is 10.7. The van der Waals surface area contributed by atoms with Gasteiger partial charge in [-0.25, -0.2) is 0 Å². The Morgan fingerprint density at radius 3 is 2.50 bits per heavy atom. The summed E-state index contributed by atoms with van der Waals surface area (Å²) in [6.07, 6.45) is 6.21. The van der Waals surface area contributed by atoms with Crippen molar-refractivity contribution in [2.45, 2.75) is 64.8 Å². The third-order valence-corrected chi connectivity index (χ3v) is 5.69. The summed E-state index contributed by atoms with van der Waals surface area (Å²) >= 11 is 0. The molecular formula is C26H31N3O. The summed E-state index contributed by atoms with van der Waals surface area (Å²) in [6, 6.07) is 16.3. The van der Waals surface area contributed by atoms with Gasteiger partial charge in [0.25, 0.3) is 5.91 Å². The summed E-state index contributed by atoms with van der Waals surface area (Å²) in [5, 5.41) is 15.7. The van der Waals surface area contributed by atoms with Crippen LogP contribution in [0.15, 0.2) is 54.2 Å². The zero-order chi connectivity index (χ0) is 21.7. The molecule has 3 rings (SSSR count). The minimum absolute atomic E-state index is 0.0482. The van der Waals surface area contributed by atoms with Crippen molar-refractivity contribution in [3.63, 3.8) is 0 Å². The molecule has 0 radical (unpaired) electrons. The Morgan fingerprint density at radius 2 is 1.80 bits per heavy atom. The van der Waals surface area contributed by atoms with E-state index in [1.54, 1.807) is 0 Å². The van der Waals surface area contributed by atoms with Crippen LogP contribution >= 0.6 is 0 Å². The van der Waals surface area contributed by atoms with Crippen molar-refractivity contribution in [2.75, 3.05) is 5.32 Å². The molecule has 1 aliphatic carbocycles. The molecule has 0 saturated carbocycles. The monoisotopic (exact) mass is 401 g/mol. The zero-order valence-corrected chi connectivity index (χ0v) is 18.4. The maximum atomic E-state index is 12.7. The lowest BCUT2D eigenvalue weighted by Crippen LogP contribution is -2.28. The SMILES string of the molecule is CC(NC(=O)/C(C#N)=C\Nc1ccccc1C(C)(C)C)c1ccc2c(c1)CCCC2. The van der Waals surface area contributed by atoms with Gasteiger partial charge in [0.1, 0.15) is 11.6 Å². The summed E-state index contributed by atoms with van der Waals surface area (Å²) in [5.41, 5.74) is 5.91. The first-order valence-electron chi connectivity index (χ1n) is 10.7. The van der Waals surface area contributed by atoms with Gasteiger partial charge in [-0.2, -0.15) is 5.26 Å². The number of amides is 1. The van der Waals surface area contributed by atoms with Gasteiger partial charge in [0.15, 0.2) is 0 Å². The normalized spacial score (nSPS) is 15.0. The summed E-state index contributed by atoms with van der Waals surface area (Å²) < 4.78 is 0. The lowest BCUT2D eigenvalue weighted by molar-refractivity contribution is -0.117. The number of rotatable bonds is 5. The standard InChI is InChI=1S/C26H31N3O/c1-18(20-14-13-19-9-5-6-10-21(19)15-20)29-25(30)22(16-27)17-28-24-12-8-7-11-23(24)26(2,3)4/h7-8,11-15,17-18,28H,5-6,9-10H2,1-4H3,(H,29,30)/b22-17-. The Labute approximate surface area is 180 Å². The maximum Gasteiger partial charge on any atom is 0.263 e. The quantitative estimate of drug-likeness (QED) is 0.509. The molecule has 0 aliphatic heterocycles. The van der Waals surface area contributed by atoms with Crippen LogP contribution < -0.4 is 10.6 Å². The van der Waals surface area contributed by atoms with Gasteiger partial charge in [0.05, 0.1) is 6.04 Å². The van der Waals surface area contributed by atoms with E-state index in [1.807, 2.05) is 31.2 Å². The summed E-state index contributed by atoms with van der Waals surface area (Å²) in [4.78, 5) is 12.7. The number of para-hydroxylation sites is 1. The highest BCUT2D eigenvalue weighted by molar-refractivity contribution is 5.97. The number of hydrogen-bond donors (Lipinski definition) is 2. The second kappa shape index (κ2) is 9.17. The molecule has 1 amide bonds. The number of nitriles is 1. The highest BCUT2D eigenvalue weighted by Crippen LogP contribution is 2.29. The fourth-order valence-electron chi connectivity index (χ4n) is 3.94. The van der Waals surface area contributed by atoms with Gasteiger partial charge >= 0.3 is 0 Å². The molecule has 2 N–H and O–H groups in total. The number of nitrogens with one attached hydrogen (secondary N) is 2. The lowest BCUT2D eigenvalue weighted by atomic mass is 9.86. The molecule has 1 unspecified atom stereocenters. The Hall–Kier alpha value is -3.06. The number of fused-ring (bicyclic) bond motifs is 1. The van der Waals surface area contributed by atoms with Gasteiger partial charge in [-0.1, -0.05) is 57.2 Å². The Morgan fingerprint density at radius 1 is 1.10 bits per heavy atom. The third kappa shape index (κ3) is 5.10. The number of nitrogens with zero attached hydrogens (tertiary/aromatic N) is 1. The van der Waals surface area contributed by atoms with E-state index in [1.165, 1.54) is 30.2 Å². The Balaban J connectivity index is 1.72. The zero-order valence-electron chi connectivity index (χ0n) is 18.4. The van der Waals surface area contributed by atoms with E-state index in [2.05, 4.69) is 55.7 Å². The number of carbonyl (C=O) groups excluding carboxylic acids is 1. The molecule has 1 aliphatic rings. The topological polar surface area (TPSA) is 64.9 Å². The van der Waals surface area contributed by atoms with Crippen LogP contribution in [0, 0.1) is 11.3 Å². The number of aryl methyl sites for hydroxylation is 2. The molecule has 0 bridgehead atoms. The fourth-order valence-corrected chi connectivity index (χ4v) is 3.94. The predicted octanol–water partition coefficient (Wildman–Crippen LogP) is 5.56. The number of benzene rings is 2. The van der Waals surface area contributed by atoms with Crippen LogP contribution in [0.25, 0.3) is 0 Å². The van der Waals surface area contributed by atoms with Crippen molar-refractivity contribution in [2.24, 2.45) is 0 Å². The van der Waals surface area contributed by atoms with E-state index in [4.69, 9.17) is 0 Å². The number of anilines is 1. The molecule has 2 aromatic carbocycles. The average molecular weight is 402 g/mol. The predicted molar refractivity (Wildman–Crippen MR) is 122 cm³/mol. The molecule has 0 saturated heterocycles. The Kier molecular flexibility index (Phi) is 6.62. The molecule has 1 atom stereocenters. The van der Waals surface area contributed by atoms with Crippen LogP contribution in [-0.2, 0) is 23.1 Å². The van der Waals surface area contributed by atoms with Crippen molar-refractivity contribution >= 4 is 11.6 Å². The molecule has 30 heavy (non-hydrogen) atoms. The molecule has 0 heterocycles. The van der Waals surface area contributed by atoms with Gasteiger partial charge in [-0.3, -0.25) is 4.79 Å². The molecular weight excluding hydrogens is 370 g/mol. The van der Waals surface area contributed by atoms with Crippen molar-refractivity contribution < 1.29 is 4.79 Å². The minimum atomic E-state index is -0.372. The molecule has 4 nitrogen and oxygen atoms in total. The number of hydrogen-bond acceptors (Lipinski definition) is 3. The smallest absolute Gasteiger partial charge is 0.263 e. The van der Waals surface area contributed by atoms with E-state index < -0.39 is 0 Å². The maximum absolute atomic E-state index is 12.7. The third-order valence-electron chi connectivity index (χ3n) is 5.69. The van der Waals surface area contributed by atoms with Crippen LogP contribution in [0.4, 0.5) is 5.69 Å². The van der Waals surface area contributed by atoms with Crippen LogP contribution in [0.3, 0.4) is 0 Å². The van der Waals surface area contributed by atoms with Crippen molar-refractivity contribution in [3.8, 4) is 6.07 Å². The van der Waals surface area contributed by atoms with Crippen LogP contribution in [0.2, 0.25) is 0 Å². The van der Waals surface area contributed by atoms with E-state index in [0.29, 0.717) is 0 Å². The molecule has 4 heteroatoms. The average Bonchev–Trinajstić information content (AvgIpc) is 2.73. The lowest BCUT2D eigenvalue weighted by Gasteiger charge is -2.22. The van der Waals surface area contributed by atoms with Gasteiger partial charge in [0, 0.05) is 11.9 Å². The second-order valence-electron chi connectivity index (χ2n) is 9.04. The van der Waals surface area contributed by atoms with E-state index in [-0.39, 0.29) is 22.9 Å². The van der Waals surface area contributed by atoms with Gasteiger partial charge in [0.2, 0.25) is 0 Å². The summed E-state index contributed by atoms with van der Waals surface area (Å²) in [5.74, 6) is -0.372. The number of carbonyl (C=O) groups is 1. The van der Waals surface area contributed by atoms with E-state index in [9.17, 15) is 10.1 Å². The van der Waals surface area contributed by atoms with Crippen molar-refractivity contribution in [3.05, 3.63) is 76.5 Å². The molecule has 156 valence electrons. The molecule has 0 fully saturated rings. The summed E-state index contributed by atoms with van der Waals surface area (Å²) in [6.45, 7) is 8.36. The van der Waals surface area contributed by atoms with E-state index in [0.717, 1.165) is 29.7 Å². The second-order valence-corrected chi connectivity index (χ2v) is 9.04. The van der Waals surface area contributed by atoms with Crippen LogP contribution in [0.1, 0.15) is 68.8 Å². The first kappa shape index (κ1) is 21.6. The van der Waals surface area contributed by atoms with Gasteiger partial charge in [-0.15, -0.1) is 0 Å². The highest BCUT2D eigenvalue weighted by atomic mass is 16.1. The molecule has 0 spiro atoms.